The number of sulfonamides is 1. The van der Waals surface area contributed by atoms with Crippen LogP contribution in [0, 0.1) is 0 Å². The van der Waals surface area contributed by atoms with Crippen molar-refractivity contribution in [1.82, 2.24) is 14.4 Å². The summed E-state index contributed by atoms with van der Waals surface area (Å²) in [6, 6.07) is 7.89. The zero-order valence-corrected chi connectivity index (χ0v) is 18.6. The molecule has 0 aromatic carbocycles. The number of hydrogen-bond donors (Lipinski definition) is 1. The highest BCUT2D eigenvalue weighted by Crippen LogP contribution is 2.32. The van der Waals surface area contributed by atoms with Crippen molar-refractivity contribution in [2.24, 2.45) is 0 Å². The van der Waals surface area contributed by atoms with Gasteiger partial charge in [-0.25, -0.2) is 18.4 Å². The van der Waals surface area contributed by atoms with Crippen molar-refractivity contribution in [2.75, 3.05) is 18.9 Å². The number of fused-ring (bicyclic) bond motifs is 1. The van der Waals surface area contributed by atoms with Gasteiger partial charge in [-0.2, -0.15) is 0 Å². The molecule has 0 atom stereocenters. The first kappa shape index (κ1) is 21.1. The molecule has 0 unspecified atom stereocenters. The van der Waals surface area contributed by atoms with Gasteiger partial charge in [-0.15, -0.1) is 11.3 Å². The Morgan fingerprint density at radius 3 is 2.55 bits per heavy atom. The molecule has 31 heavy (non-hydrogen) atoms. The Morgan fingerprint density at radius 1 is 1.06 bits per heavy atom. The maximum Gasteiger partial charge on any atom is 0.300 e. The van der Waals surface area contributed by atoms with Crippen LogP contribution in [0.25, 0.3) is 16.8 Å². The molecule has 4 rings (SSSR count). The third-order valence-corrected chi connectivity index (χ3v) is 7.41. The zero-order chi connectivity index (χ0) is 22.2. The van der Waals surface area contributed by atoms with E-state index in [1.165, 1.54) is 43.1 Å². The summed E-state index contributed by atoms with van der Waals surface area (Å²) in [7, 11) is -1.12. The van der Waals surface area contributed by atoms with Gasteiger partial charge in [-0.1, -0.05) is 11.6 Å². The number of pyridine rings is 2. The van der Waals surface area contributed by atoms with Crippen LogP contribution in [0.3, 0.4) is 0 Å². The lowest BCUT2D eigenvalue weighted by Gasteiger charge is -2.12. The number of nitrogens with one attached hydrogen (secondary N) is 1. The van der Waals surface area contributed by atoms with Crippen LogP contribution >= 0.6 is 22.9 Å². The van der Waals surface area contributed by atoms with Crippen LogP contribution in [0.4, 0.5) is 5.69 Å². The normalized spacial score (nSPS) is 11.5. The molecule has 0 aliphatic heterocycles. The largest absolute Gasteiger partial charge is 0.490 e. The number of thiophene rings is 1. The quantitative estimate of drug-likeness (QED) is 0.452. The molecule has 160 valence electrons. The van der Waals surface area contributed by atoms with Crippen molar-refractivity contribution in [1.29, 1.82) is 0 Å². The first-order chi connectivity index (χ1) is 14.8. The molecule has 0 radical (unpaired) electrons. The van der Waals surface area contributed by atoms with E-state index in [1.807, 2.05) is 0 Å². The third-order valence-electron chi connectivity index (χ3n) is 4.33. The molecule has 4 aromatic heterocycles. The van der Waals surface area contributed by atoms with Gasteiger partial charge in [0.2, 0.25) is 11.6 Å². The van der Waals surface area contributed by atoms with Crippen molar-refractivity contribution in [3.8, 4) is 22.8 Å². The van der Waals surface area contributed by atoms with Crippen molar-refractivity contribution in [2.45, 2.75) is 4.21 Å². The SMILES string of the molecule is COc1ncc(-c2ccc3ncc(OC)c(=O)n3c2)cc1NS(=O)(=O)c1ccc(Cl)s1. The number of ether oxygens (including phenoxy) is 2. The molecule has 0 amide bonds. The lowest BCUT2D eigenvalue weighted by Crippen LogP contribution is -2.16. The summed E-state index contributed by atoms with van der Waals surface area (Å²) in [5.41, 5.74) is 1.37. The fourth-order valence-corrected chi connectivity index (χ4v) is 5.38. The summed E-state index contributed by atoms with van der Waals surface area (Å²) >= 11 is 6.79. The predicted molar refractivity (Wildman–Crippen MR) is 118 cm³/mol. The van der Waals surface area contributed by atoms with E-state index in [1.54, 1.807) is 24.4 Å². The number of methoxy groups -OCH3 is 2. The lowest BCUT2D eigenvalue weighted by molar-refractivity contribution is 0.400. The Bertz CT molecular complexity index is 1450. The van der Waals surface area contributed by atoms with Crippen molar-refractivity contribution in [3.63, 3.8) is 0 Å². The first-order valence-corrected chi connectivity index (χ1v) is 11.4. The minimum Gasteiger partial charge on any atom is -0.490 e. The molecular weight excluding hydrogens is 464 g/mol. The zero-order valence-electron chi connectivity index (χ0n) is 16.2. The van der Waals surface area contributed by atoms with Gasteiger partial charge in [0.15, 0.2) is 0 Å². The maximum absolute atomic E-state index is 12.7. The standard InChI is InChI=1S/C19H15ClN4O5S2/c1-28-14-9-21-16-5-3-11(10-24(16)19(14)25)12-7-13(18(29-2)22-8-12)23-31(26,27)17-6-4-15(20)30-17/h3-10,23H,1-2H3. The van der Waals surface area contributed by atoms with Gasteiger partial charge in [0.05, 0.1) is 24.8 Å². The van der Waals surface area contributed by atoms with E-state index < -0.39 is 10.0 Å². The highest BCUT2D eigenvalue weighted by Gasteiger charge is 2.20. The van der Waals surface area contributed by atoms with Crippen LogP contribution in [0.1, 0.15) is 0 Å². The Labute approximate surface area is 185 Å². The van der Waals surface area contributed by atoms with Gasteiger partial charge < -0.3 is 9.47 Å². The van der Waals surface area contributed by atoms with E-state index in [-0.39, 0.29) is 27.1 Å². The Kier molecular flexibility index (Phi) is 5.56. The summed E-state index contributed by atoms with van der Waals surface area (Å²) in [5.74, 6) is 0.196. The number of hydrogen-bond acceptors (Lipinski definition) is 8. The monoisotopic (exact) mass is 478 g/mol. The lowest BCUT2D eigenvalue weighted by atomic mass is 10.1. The summed E-state index contributed by atoms with van der Waals surface area (Å²) in [4.78, 5) is 20.9. The average molecular weight is 479 g/mol. The first-order valence-electron chi connectivity index (χ1n) is 8.70. The number of nitrogens with zero attached hydrogens (tertiary/aromatic N) is 3. The van der Waals surface area contributed by atoms with Crippen LogP contribution < -0.4 is 19.8 Å². The number of aromatic nitrogens is 3. The summed E-state index contributed by atoms with van der Waals surface area (Å²) in [6.07, 6.45) is 4.45. The van der Waals surface area contributed by atoms with E-state index >= 15 is 0 Å². The fourth-order valence-electron chi connectivity index (χ4n) is 2.85. The molecule has 0 bridgehead atoms. The third kappa shape index (κ3) is 4.07. The molecule has 0 saturated carbocycles. The smallest absolute Gasteiger partial charge is 0.300 e. The second-order valence-corrected chi connectivity index (χ2v) is 9.85. The number of anilines is 1. The molecule has 0 aliphatic rings. The predicted octanol–water partition coefficient (Wildman–Crippen LogP) is 3.29. The summed E-state index contributed by atoms with van der Waals surface area (Å²) in [6.45, 7) is 0. The van der Waals surface area contributed by atoms with Crippen LogP contribution in [-0.2, 0) is 10.0 Å². The molecule has 0 spiro atoms. The molecule has 4 aromatic rings. The molecule has 0 fully saturated rings. The van der Waals surface area contributed by atoms with Gasteiger partial charge in [0.25, 0.3) is 15.6 Å². The Hall–Kier alpha value is -3.15. The van der Waals surface area contributed by atoms with Crippen LogP contribution in [-0.4, -0.2) is 37.0 Å². The second kappa shape index (κ2) is 8.17. The number of rotatable bonds is 6. The molecule has 12 heteroatoms. The minimum atomic E-state index is -3.89. The van der Waals surface area contributed by atoms with E-state index in [2.05, 4.69) is 14.7 Å². The minimum absolute atomic E-state index is 0.0559. The Morgan fingerprint density at radius 2 is 1.87 bits per heavy atom. The van der Waals surface area contributed by atoms with Crippen molar-refractivity contribution in [3.05, 3.63) is 63.6 Å². The van der Waals surface area contributed by atoms with E-state index in [0.717, 1.165) is 11.3 Å². The molecule has 1 N–H and O–H groups in total. The van der Waals surface area contributed by atoms with Gasteiger partial charge in [0, 0.05) is 23.5 Å². The topological polar surface area (TPSA) is 112 Å². The van der Waals surface area contributed by atoms with Gasteiger partial charge in [0.1, 0.15) is 15.5 Å². The molecule has 9 nitrogen and oxygen atoms in total. The Balaban J connectivity index is 1.78. The molecule has 4 heterocycles. The van der Waals surface area contributed by atoms with Crippen LogP contribution in [0.5, 0.6) is 11.6 Å². The average Bonchev–Trinajstić information content (AvgIpc) is 3.21. The fraction of sp³-hybridized carbons (Fsp3) is 0.105. The van der Waals surface area contributed by atoms with Gasteiger partial charge in [-0.05, 0) is 30.3 Å². The summed E-state index contributed by atoms with van der Waals surface area (Å²) < 4.78 is 39.9. The van der Waals surface area contributed by atoms with Crippen molar-refractivity contribution >= 4 is 44.3 Å². The van der Waals surface area contributed by atoms with E-state index in [9.17, 15) is 13.2 Å². The van der Waals surface area contributed by atoms with E-state index in [0.29, 0.717) is 21.1 Å². The van der Waals surface area contributed by atoms with Crippen LogP contribution in [0.2, 0.25) is 4.34 Å². The van der Waals surface area contributed by atoms with Gasteiger partial charge in [-0.3, -0.25) is 13.9 Å². The maximum atomic E-state index is 12.7. The summed E-state index contributed by atoms with van der Waals surface area (Å²) in [5, 5.41) is 0. The van der Waals surface area contributed by atoms with Crippen molar-refractivity contribution < 1.29 is 17.9 Å². The van der Waals surface area contributed by atoms with Gasteiger partial charge >= 0.3 is 0 Å². The molecule has 0 saturated heterocycles. The van der Waals surface area contributed by atoms with Crippen LogP contribution in [0.15, 0.2) is 57.9 Å². The second-order valence-electron chi connectivity index (χ2n) is 6.22. The highest BCUT2D eigenvalue weighted by molar-refractivity contribution is 7.94. The number of halogens is 1. The highest BCUT2D eigenvalue weighted by atomic mass is 35.5. The van der Waals surface area contributed by atoms with E-state index in [4.69, 9.17) is 21.1 Å². The molecule has 0 aliphatic carbocycles. The molecular formula is C19H15ClN4O5S2.